The Labute approximate surface area is 159 Å². The SMILES string of the molecule is CC(C)C1(C(=O)O)CCN(C(=O)c2csc(-c3ccc([N+](=O)[O-])cc3)n2)C1. The van der Waals surface area contributed by atoms with E-state index in [2.05, 4.69) is 4.98 Å². The van der Waals surface area contributed by atoms with Gasteiger partial charge in [-0.2, -0.15) is 0 Å². The van der Waals surface area contributed by atoms with E-state index in [1.807, 2.05) is 13.8 Å². The van der Waals surface area contributed by atoms with Gasteiger partial charge in [-0.1, -0.05) is 13.8 Å². The van der Waals surface area contributed by atoms with E-state index < -0.39 is 16.3 Å². The molecule has 1 amide bonds. The van der Waals surface area contributed by atoms with Crippen molar-refractivity contribution in [2.45, 2.75) is 20.3 Å². The number of thiazole rings is 1. The first-order valence-electron chi connectivity index (χ1n) is 8.47. The van der Waals surface area contributed by atoms with Crippen molar-refractivity contribution in [1.82, 2.24) is 9.88 Å². The van der Waals surface area contributed by atoms with E-state index in [4.69, 9.17) is 0 Å². The molecule has 0 saturated carbocycles. The van der Waals surface area contributed by atoms with Gasteiger partial charge in [-0.25, -0.2) is 4.98 Å². The summed E-state index contributed by atoms with van der Waals surface area (Å²) in [5, 5.41) is 22.6. The van der Waals surface area contributed by atoms with Gasteiger partial charge < -0.3 is 10.0 Å². The molecule has 8 nitrogen and oxygen atoms in total. The molecule has 2 aromatic rings. The van der Waals surface area contributed by atoms with Crippen LogP contribution in [0.1, 0.15) is 30.8 Å². The Hall–Kier alpha value is -2.81. The Bertz CT molecular complexity index is 893. The quantitative estimate of drug-likeness (QED) is 0.620. The summed E-state index contributed by atoms with van der Waals surface area (Å²) in [6.07, 6.45) is 0.422. The van der Waals surface area contributed by atoms with Crippen LogP contribution in [-0.2, 0) is 4.79 Å². The third-order valence-electron chi connectivity index (χ3n) is 5.17. The molecular formula is C18H19N3O5S. The Morgan fingerprint density at radius 1 is 1.33 bits per heavy atom. The molecule has 1 saturated heterocycles. The first-order chi connectivity index (χ1) is 12.7. The van der Waals surface area contributed by atoms with Gasteiger partial charge in [-0.3, -0.25) is 19.7 Å². The number of benzene rings is 1. The van der Waals surface area contributed by atoms with E-state index >= 15 is 0 Å². The van der Waals surface area contributed by atoms with Crippen molar-refractivity contribution in [2.75, 3.05) is 13.1 Å². The summed E-state index contributed by atoms with van der Waals surface area (Å²) in [7, 11) is 0. The van der Waals surface area contributed by atoms with E-state index in [-0.39, 0.29) is 29.8 Å². The Kier molecular flexibility index (Phi) is 4.97. The van der Waals surface area contributed by atoms with Crippen LogP contribution in [-0.4, -0.2) is 44.9 Å². The Morgan fingerprint density at radius 3 is 2.52 bits per heavy atom. The van der Waals surface area contributed by atoms with Crippen molar-refractivity contribution in [1.29, 1.82) is 0 Å². The Balaban J connectivity index is 1.78. The van der Waals surface area contributed by atoms with Crippen LogP contribution in [0.25, 0.3) is 10.6 Å². The maximum atomic E-state index is 12.8. The molecule has 1 aromatic heterocycles. The van der Waals surface area contributed by atoms with Crippen LogP contribution in [0.2, 0.25) is 0 Å². The van der Waals surface area contributed by atoms with E-state index in [9.17, 15) is 24.8 Å². The third-order valence-corrected chi connectivity index (χ3v) is 6.06. The fourth-order valence-electron chi connectivity index (χ4n) is 3.29. The highest BCUT2D eigenvalue weighted by molar-refractivity contribution is 7.13. The second-order valence-electron chi connectivity index (χ2n) is 6.93. The van der Waals surface area contributed by atoms with Crippen molar-refractivity contribution in [3.63, 3.8) is 0 Å². The molecule has 0 radical (unpaired) electrons. The predicted octanol–water partition coefficient (Wildman–Crippen LogP) is 3.29. The number of amides is 1. The van der Waals surface area contributed by atoms with E-state index in [0.29, 0.717) is 23.5 Å². The number of likely N-dealkylation sites (tertiary alicyclic amines) is 1. The number of non-ortho nitro benzene ring substituents is 1. The normalized spacial score (nSPS) is 19.4. The van der Waals surface area contributed by atoms with Gasteiger partial charge in [0.1, 0.15) is 10.7 Å². The monoisotopic (exact) mass is 389 g/mol. The van der Waals surface area contributed by atoms with Crippen molar-refractivity contribution in [2.24, 2.45) is 11.3 Å². The zero-order chi connectivity index (χ0) is 19.8. The van der Waals surface area contributed by atoms with Crippen molar-refractivity contribution < 1.29 is 19.6 Å². The van der Waals surface area contributed by atoms with Crippen molar-refractivity contribution in [3.8, 4) is 10.6 Å². The number of aromatic nitrogens is 1. The molecule has 9 heteroatoms. The highest BCUT2D eigenvalue weighted by Crippen LogP contribution is 2.39. The van der Waals surface area contributed by atoms with Gasteiger partial charge in [0.25, 0.3) is 11.6 Å². The summed E-state index contributed by atoms with van der Waals surface area (Å²) < 4.78 is 0. The van der Waals surface area contributed by atoms with Crippen LogP contribution in [0.5, 0.6) is 0 Å². The van der Waals surface area contributed by atoms with Gasteiger partial charge in [0.05, 0.1) is 10.3 Å². The lowest BCUT2D eigenvalue weighted by atomic mass is 9.76. The molecule has 1 aliphatic heterocycles. The smallest absolute Gasteiger partial charge is 0.311 e. The highest BCUT2D eigenvalue weighted by atomic mass is 32.1. The van der Waals surface area contributed by atoms with Gasteiger partial charge in [-0.05, 0) is 24.5 Å². The van der Waals surface area contributed by atoms with Crippen LogP contribution < -0.4 is 0 Å². The predicted molar refractivity (Wildman–Crippen MR) is 99.6 cm³/mol. The molecule has 1 unspecified atom stereocenters. The lowest BCUT2D eigenvalue weighted by Gasteiger charge is -2.28. The maximum absolute atomic E-state index is 12.8. The molecule has 0 spiro atoms. The van der Waals surface area contributed by atoms with Crippen LogP contribution >= 0.6 is 11.3 Å². The summed E-state index contributed by atoms with van der Waals surface area (Å²) in [6, 6.07) is 5.97. The van der Waals surface area contributed by atoms with Crippen LogP contribution in [0, 0.1) is 21.4 Å². The minimum absolute atomic E-state index is 0.0117. The summed E-state index contributed by atoms with van der Waals surface area (Å²) in [5.74, 6) is -1.25. The fraction of sp³-hybridized carbons (Fsp3) is 0.389. The number of nitro groups is 1. The van der Waals surface area contributed by atoms with E-state index in [1.54, 1.807) is 22.4 Å². The number of carbonyl (C=O) groups is 2. The zero-order valence-corrected chi connectivity index (χ0v) is 15.7. The van der Waals surface area contributed by atoms with Gasteiger partial charge >= 0.3 is 5.97 Å². The zero-order valence-electron chi connectivity index (χ0n) is 14.9. The topological polar surface area (TPSA) is 114 Å². The molecule has 1 aliphatic rings. The molecular weight excluding hydrogens is 370 g/mol. The summed E-state index contributed by atoms with van der Waals surface area (Å²) >= 11 is 1.27. The summed E-state index contributed by atoms with van der Waals surface area (Å²) in [4.78, 5) is 40.6. The molecule has 3 rings (SSSR count). The van der Waals surface area contributed by atoms with Crippen LogP contribution in [0.3, 0.4) is 0 Å². The number of carboxylic acids is 1. The van der Waals surface area contributed by atoms with Crippen molar-refractivity contribution in [3.05, 3.63) is 45.5 Å². The summed E-state index contributed by atoms with van der Waals surface area (Å²) in [6.45, 7) is 4.27. The largest absolute Gasteiger partial charge is 0.481 e. The van der Waals surface area contributed by atoms with Gasteiger partial charge in [0.15, 0.2) is 0 Å². The number of hydrogen-bond acceptors (Lipinski definition) is 6. The first-order valence-corrected chi connectivity index (χ1v) is 9.35. The number of aliphatic carboxylic acids is 1. The average molecular weight is 389 g/mol. The second kappa shape index (κ2) is 7.07. The minimum atomic E-state index is -0.924. The fourth-order valence-corrected chi connectivity index (χ4v) is 4.09. The maximum Gasteiger partial charge on any atom is 0.311 e. The Morgan fingerprint density at radius 2 is 2.00 bits per heavy atom. The highest BCUT2D eigenvalue weighted by Gasteiger charge is 2.48. The average Bonchev–Trinajstić information content (AvgIpc) is 3.29. The number of nitro benzene ring substituents is 1. The molecule has 0 aliphatic carbocycles. The minimum Gasteiger partial charge on any atom is -0.481 e. The first kappa shape index (κ1) is 19.0. The second-order valence-corrected chi connectivity index (χ2v) is 7.79. The number of carbonyl (C=O) groups excluding carboxylic acids is 1. The number of rotatable bonds is 5. The standard InChI is InChI=1S/C18H19N3O5S/c1-11(2)18(17(23)24)7-8-20(10-18)16(22)14-9-27-15(19-14)12-3-5-13(6-4-12)21(25)26/h3-6,9,11H,7-8,10H2,1-2H3,(H,23,24). The molecule has 27 heavy (non-hydrogen) atoms. The van der Waals surface area contributed by atoms with Crippen LogP contribution in [0.15, 0.2) is 29.6 Å². The lowest BCUT2D eigenvalue weighted by Crippen LogP contribution is -2.40. The van der Waals surface area contributed by atoms with Gasteiger partial charge in [-0.15, -0.1) is 11.3 Å². The number of nitrogens with zero attached hydrogens (tertiary/aromatic N) is 3. The lowest BCUT2D eigenvalue weighted by molar-refractivity contribution is -0.384. The van der Waals surface area contributed by atoms with Crippen LogP contribution in [0.4, 0.5) is 5.69 Å². The molecule has 142 valence electrons. The molecule has 1 aromatic carbocycles. The third kappa shape index (κ3) is 3.42. The van der Waals surface area contributed by atoms with E-state index in [1.165, 1.54) is 23.5 Å². The molecule has 1 N–H and O–H groups in total. The number of hydrogen-bond donors (Lipinski definition) is 1. The van der Waals surface area contributed by atoms with Gasteiger partial charge in [0, 0.05) is 36.2 Å². The van der Waals surface area contributed by atoms with E-state index in [0.717, 1.165) is 0 Å². The molecule has 2 heterocycles. The molecule has 1 atom stereocenters. The molecule has 0 bridgehead atoms. The van der Waals surface area contributed by atoms with Crippen molar-refractivity contribution >= 4 is 28.9 Å². The summed E-state index contributed by atoms with van der Waals surface area (Å²) in [5.41, 5.74) is 0.0150. The molecule has 1 fully saturated rings. The van der Waals surface area contributed by atoms with Gasteiger partial charge in [0.2, 0.25) is 0 Å². The number of carboxylic acid groups (broad SMARTS) is 1.